The largest absolute Gasteiger partial charge is 0.335 e. The summed E-state index contributed by atoms with van der Waals surface area (Å²) in [6.07, 6.45) is 1.62. The molecule has 2 heterocycles. The average molecular weight is 289 g/mol. The van der Waals surface area contributed by atoms with E-state index in [1.165, 1.54) is 0 Å². The van der Waals surface area contributed by atoms with Gasteiger partial charge >= 0.3 is 0 Å². The van der Waals surface area contributed by atoms with Gasteiger partial charge in [0.1, 0.15) is 0 Å². The normalized spacial score (nSPS) is 20.5. The van der Waals surface area contributed by atoms with Crippen molar-refractivity contribution in [3.63, 3.8) is 0 Å². The number of aromatic amines is 1. The molecule has 1 saturated heterocycles. The van der Waals surface area contributed by atoms with Crippen LogP contribution in [0, 0.1) is 5.92 Å². The zero-order chi connectivity index (χ0) is 13.9. The van der Waals surface area contributed by atoms with Crippen LogP contribution >= 0.6 is 0 Å². The van der Waals surface area contributed by atoms with Gasteiger partial charge < -0.3 is 4.90 Å². The highest BCUT2D eigenvalue weighted by Crippen LogP contribution is 2.17. The molecule has 1 aromatic heterocycles. The van der Waals surface area contributed by atoms with Crippen molar-refractivity contribution in [2.24, 2.45) is 11.1 Å². The highest BCUT2D eigenvalue weighted by molar-refractivity contribution is 7.87. The highest BCUT2D eigenvalue weighted by atomic mass is 32.2. The van der Waals surface area contributed by atoms with Crippen LogP contribution < -0.4 is 9.86 Å². The molecule has 0 spiro atoms. The lowest BCUT2D eigenvalue weighted by Gasteiger charge is -2.31. The molecular formula is C8H15N7O3S. The predicted octanol–water partition coefficient (Wildman–Crippen LogP) is -2.15. The molecule has 1 unspecified atom stereocenters. The molecule has 19 heavy (non-hydrogen) atoms. The van der Waals surface area contributed by atoms with Crippen LogP contribution in [-0.2, 0) is 10.2 Å². The number of H-pyrrole nitrogens is 1. The van der Waals surface area contributed by atoms with E-state index < -0.39 is 10.2 Å². The van der Waals surface area contributed by atoms with Gasteiger partial charge in [-0.3, -0.25) is 4.79 Å². The molecule has 1 aliphatic heterocycles. The maximum Gasteiger partial charge on any atom is 0.295 e. The number of hydrogen-bond donors (Lipinski definition) is 3. The lowest BCUT2D eigenvalue weighted by Crippen LogP contribution is -2.45. The molecule has 11 heteroatoms. The van der Waals surface area contributed by atoms with Gasteiger partial charge in [0, 0.05) is 19.6 Å². The van der Waals surface area contributed by atoms with Crippen LogP contribution in [0.25, 0.3) is 0 Å². The predicted molar refractivity (Wildman–Crippen MR) is 63.9 cm³/mol. The van der Waals surface area contributed by atoms with E-state index in [0.717, 1.165) is 12.8 Å². The van der Waals surface area contributed by atoms with E-state index in [1.807, 2.05) is 0 Å². The summed E-state index contributed by atoms with van der Waals surface area (Å²) in [4.78, 5) is 13.6. The SMILES string of the molecule is NS(=O)(=O)NCC1CCCN(C(=O)c2nn[nH]n2)C1. The number of rotatable bonds is 4. The van der Waals surface area contributed by atoms with Gasteiger partial charge in [-0.1, -0.05) is 0 Å². The fourth-order valence-corrected chi connectivity index (χ4v) is 2.51. The van der Waals surface area contributed by atoms with Crippen LogP contribution in [0.5, 0.6) is 0 Å². The lowest BCUT2D eigenvalue weighted by atomic mass is 9.98. The van der Waals surface area contributed by atoms with Gasteiger partial charge in [-0.25, -0.2) is 9.86 Å². The van der Waals surface area contributed by atoms with Crippen molar-refractivity contribution in [2.75, 3.05) is 19.6 Å². The van der Waals surface area contributed by atoms with Gasteiger partial charge in [0.25, 0.3) is 21.9 Å². The first-order chi connectivity index (χ1) is 8.96. The Morgan fingerprint density at radius 2 is 2.37 bits per heavy atom. The number of nitrogens with two attached hydrogens (primary N) is 1. The monoisotopic (exact) mass is 289 g/mol. The van der Waals surface area contributed by atoms with Crippen molar-refractivity contribution >= 4 is 16.1 Å². The van der Waals surface area contributed by atoms with Gasteiger partial charge in [-0.15, -0.1) is 10.2 Å². The summed E-state index contributed by atoms with van der Waals surface area (Å²) in [5.74, 6) is -0.267. The summed E-state index contributed by atoms with van der Waals surface area (Å²) in [5.41, 5.74) is 0. The van der Waals surface area contributed by atoms with Crippen LogP contribution in [0.1, 0.15) is 23.5 Å². The van der Waals surface area contributed by atoms with Gasteiger partial charge in [0.05, 0.1) is 0 Å². The van der Waals surface area contributed by atoms with Gasteiger partial charge in [-0.05, 0) is 24.0 Å². The molecule has 1 atom stereocenters. The Balaban J connectivity index is 1.92. The fourth-order valence-electron chi connectivity index (χ4n) is 2.04. The Kier molecular flexibility index (Phi) is 4.07. The number of amides is 1. The van der Waals surface area contributed by atoms with E-state index in [4.69, 9.17) is 5.14 Å². The number of piperidine rings is 1. The van der Waals surface area contributed by atoms with Gasteiger partial charge in [-0.2, -0.15) is 13.6 Å². The molecule has 1 aliphatic rings. The summed E-state index contributed by atoms with van der Waals surface area (Å²) >= 11 is 0. The van der Waals surface area contributed by atoms with Crippen molar-refractivity contribution in [3.05, 3.63) is 5.82 Å². The molecule has 1 amide bonds. The van der Waals surface area contributed by atoms with Crippen LogP contribution in [0.4, 0.5) is 0 Å². The summed E-state index contributed by atoms with van der Waals surface area (Å²) < 4.78 is 23.9. The topological polar surface area (TPSA) is 147 Å². The molecular weight excluding hydrogens is 274 g/mol. The van der Waals surface area contributed by atoms with Crippen LogP contribution in [0.2, 0.25) is 0 Å². The molecule has 2 rings (SSSR count). The summed E-state index contributed by atoms with van der Waals surface area (Å²) in [6, 6.07) is 0. The highest BCUT2D eigenvalue weighted by Gasteiger charge is 2.27. The molecule has 1 aromatic rings. The molecule has 10 nitrogen and oxygen atoms in total. The number of carbonyl (C=O) groups is 1. The third kappa shape index (κ3) is 3.94. The van der Waals surface area contributed by atoms with Crippen LogP contribution in [0.3, 0.4) is 0 Å². The van der Waals surface area contributed by atoms with E-state index in [9.17, 15) is 13.2 Å². The molecule has 0 aromatic carbocycles. The quantitative estimate of drug-likeness (QED) is 0.575. The number of carbonyl (C=O) groups excluding carboxylic acids is 1. The van der Waals surface area contributed by atoms with Crippen LogP contribution in [0.15, 0.2) is 0 Å². The third-order valence-electron chi connectivity index (χ3n) is 2.92. The van der Waals surface area contributed by atoms with Crippen molar-refractivity contribution < 1.29 is 13.2 Å². The molecule has 1 fully saturated rings. The molecule has 4 N–H and O–H groups in total. The number of tetrazole rings is 1. The lowest BCUT2D eigenvalue weighted by molar-refractivity contribution is 0.0664. The van der Waals surface area contributed by atoms with Gasteiger partial charge in [0.2, 0.25) is 0 Å². The molecule has 0 saturated carbocycles. The van der Waals surface area contributed by atoms with Crippen molar-refractivity contribution in [3.8, 4) is 0 Å². The standard InChI is InChI=1S/C8H15N7O3S/c9-19(17,18)10-4-6-2-1-3-15(5-6)8(16)7-11-13-14-12-7/h6,10H,1-5H2,(H2,9,17,18)(H,11,12,13,14). The number of nitrogens with one attached hydrogen (secondary N) is 2. The summed E-state index contributed by atoms with van der Waals surface area (Å²) in [6.45, 7) is 1.25. The number of likely N-dealkylation sites (tertiary alicyclic amines) is 1. The second-order valence-corrected chi connectivity index (χ2v) is 5.77. The maximum atomic E-state index is 12.0. The Morgan fingerprint density at radius 3 is 3.00 bits per heavy atom. The molecule has 0 radical (unpaired) electrons. The van der Waals surface area contributed by atoms with E-state index in [2.05, 4.69) is 25.3 Å². The smallest absolute Gasteiger partial charge is 0.295 e. The molecule has 0 aliphatic carbocycles. The first-order valence-corrected chi connectivity index (χ1v) is 7.30. The Morgan fingerprint density at radius 1 is 1.58 bits per heavy atom. The summed E-state index contributed by atoms with van der Waals surface area (Å²) in [5, 5.41) is 17.7. The summed E-state index contributed by atoms with van der Waals surface area (Å²) in [7, 11) is -3.70. The zero-order valence-electron chi connectivity index (χ0n) is 10.1. The third-order valence-corrected chi connectivity index (χ3v) is 3.49. The second-order valence-electron chi connectivity index (χ2n) is 4.39. The number of hydrogen-bond acceptors (Lipinski definition) is 6. The average Bonchev–Trinajstić information content (AvgIpc) is 2.89. The Labute approximate surface area is 109 Å². The van der Waals surface area contributed by atoms with Crippen LogP contribution in [-0.4, -0.2) is 59.5 Å². The Hall–Kier alpha value is -1.59. The first kappa shape index (κ1) is 13.8. The van der Waals surface area contributed by atoms with Crippen molar-refractivity contribution in [2.45, 2.75) is 12.8 Å². The van der Waals surface area contributed by atoms with Crippen molar-refractivity contribution in [1.29, 1.82) is 0 Å². The fraction of sp³-hybridized carbons (Fsp3) is 0.750. The van der Waals surface area contributed by atoms with Crippen molar-refractivity contribution in [1.82, 2.24) is 30.2 Å². The number of nitrogens with zero attached hydrogens (tertiary/aromatic N) is 4. The first-order valence-electron chi connectivity index (χ1n) is 5.76. The minimum atomic E-state index is -3.70. The minimum Gasteiger partial charge on any atom is -0.335 e. The number of aromatic nitrogens is 4. The zero-order valence-corrected chi connectivity index (χ0v) is 10.9. The second kappa shape index (κ2) is 5.59. The van der Waals surface area contributed by atoms with E-state index in [0.29, 0.717) is 13.1 Å². The minimum absolute atomic E-state index is 0.0139. The van der Waals surface area contributed by atoms with E-state index in [1.54, 1.807) is 4.90 Å². The Bertz CT molecular complexity index is 529. The molecule has 106 valence electrons. The maximum absolute atomic E-state index is 12.0. The molecule has 0 bridgehead atoms. The van der Waals surface area contributed by atoms with E-state index >= 15 is 0 Å². The van der Waals surface area contributed by atoms with Gasteiger partial charge in [0.15, 0.2) is 0 Å². The van der Waals surface area contributed by atoms with E-state index in [-0.39, 0.29) is 24.2 Å².